The molecular weight excluding hydrogens is 362 g/mol. The Morgan fingerprint density at radius 3 is 2.14 bits per heavy atom. The lowest BCUT2D eigenvalue weighted by molar-refractivity contribution is -0.123. The van der Waals surface area contributed by atoms with Gasteiger partial charge in [0.2, 0.25) is 11.8 Å². The third-order valence-electron chi connectivity index (χ3n) is 6.58. The fraction of sp³-hybridized carbons (Fsp3) is 0.360. The molecule has 29 heavy (non-hydrogen) atoms. The largest absolute Gasteiger partial charge is 0.457 e. The summed E-state index contributed by atoms with van der Waals surface area (Å²) in [5.41, 5.74) is 2.93. The first kappa shape index (κ1) is 18.2. The van der Waals surface area contributed by atoms with Gasteiger partial charge in [0.05, 0.1) is 17.5 Å². The van der Waals surface area contributed by atoms with E-state index in [2.05, 4.69) is 38.1 Å². The van der Waals surface area contributed by atoms with Crippen LogP contribution in [0.5, 0.6) is 11.5 Å². The number of allylic oxidation sites excluding steroid dienone is 2. The van der Waals surface area contributed by atoms with E-state index in [0.29, 0.717) is 17.4 Å². The van der Waals surface area contributed by atoms with Crippen molar-refractivity contribution in [1.29, 1.82) is 0 Å². The van der Waals surface area contributed by atoms with Gasteiger partial charge in [-0.3, -0.25) is 14.5 Å². The van der Waals surface area contributed by atoms with E-state index in [0.717, 1.165) is 23.3 Å². The standard InChI is InChI=1S/C25H25NO3/c1-14(2)20-11-4-15(3)12-21(20)29-19-9-7-18(8-10-19)26-24(27)22-16-5-6-17(13-16)23(22)25(26)28/h4-12,14,16-17,22-23H,13H2,1-3H3/t16-,17-,22+,23+/m0/s1. The fourth-order valence-electron chi connectivity index (χ4n) is 5.15. The predicted molar refractivity (Wildman–Crippen MR) is 112 cm³/mol. The van der Waals surface area contributed by atoms with Gasteiger partial charge in [-0.05, 0) is 72.6 Å². The lowest BCUT2D eigenvalue weighted by atomic mass is 9.85. The predicted octanol–water partition coefficient (Wildman–Crippen LogP) is 5.22. The van der Waals surface area contributed by atoms with Gasteiger partial charge in [0.1, 0.15) is 11.5 Å². The van der Waals surface area contributed by atoms with Crippen LogP contribution in [-0.4, -0.2) is 11.8 Å². The first-order valence-corrected chi connectivity index (χ1v) is 10.4. The summed E-state index contributed by atoms with van der Waals surface area (Å²) in [5, 5.41) is 0. The van der Waals surface area contributed by atoms with Gasteiger partial charge in [0.25, 0.3) is 0 Å². The molecule has 2 aliphatic carbocycles. The van der Waals surface area contributed by atoms with Crippen LogP contribution in [0.15, 0.2) is 54.6 Å². The molecule has 2 aromatic carbocycles. The smallest absolute Gasteiger partial charge is 0.238 e. The maximum Gasteiger partial charge on any atom is 0.238 e. The molecule has 1 aliphatic heterocycles. The van der Waals surface area contributed by atoms with Crippen molar-refractivity contribution in [2.45, 2.75) is 33.1 Å². The SMILES string of the molecule is Cc1ccc(C(C)C)c(Oc2ccc(N3C(=O)[C@H]4[C@H](C3=O)[C@H]3C=C[C@H]4C3)cc2)c1. The number of amides is 2. The second-order valence-electron chi connectivity index (χ2n) is 8.80. The number of rotatable bonds is 4. The first-order chi connectivity index (χ1) is 13.9. The minimum Gasteiger partial charge on any atom is -0.457 e. The van der Waals surface area contributed by atoms with Crippen molar-refractivity contribution in [3.05, 3.63) is 65.7 Å². The van der Waals surface area contributed by atoms with E-state index in [1.165, 1.54) is 4.90 Å². The molecule has 2 fully saturated rings. The zero-order chi connectivity index (χ0) is 20.3. The number of hydrogen-bond donors (Lipinski definition) is 0. The lowest BCUT2D eigenvalue weighted by Gasteiger charge is -2.18. The van der Waals surface area contributed by atoms with Crippen LogP contribution in [0.25, 0.3) is 0 Å². The third-order valence-corrected chi connectivity index (χ3v) is 6.58. The average molecular weight is 387 g/mol. The molecule has 5 rings (SSSR count). The van der Waals surface area contributed by atoms with Crippen LogP contribution < -0.4 is 9.64 Å². The Morgan fingerprint density at radius 2 is 1.55 bits per heavy atom. The molecule has 148 valence electrons. The van der Waals surface area contributed by atoms with E-state index in [9.17, 15) is 9.59 Å². The number of benzene rings is 2. The highest BCUT2D eigenvalue weighted by Gasteiger charge is 2.59. The first-order valence-electron chi connectivity index (χ1n) is 10.4. The van der Waals surface area contributed by atoms with Crippen molar-refractivity contribution in [3.63, 3.8) is 0 Å². The van der Waals surface area contributed by atoms with Gasteiger partial charge in [0.15, 0.2) is 0 Å². The zero-order valence-electron chi connectivity index (χ0n) is 17.0. The van der Waals surface area contributed by atoms with E-state index in [-0.39, 0.29) is 35.5 Å². The highest BCUT2D eigenvalue weighted by Crippen LogP contribution is 2.53. The second-order valence-corrected chi connectivity index (χ2v) is 8.80. The number of ether oxygens (including phenoxy) is 1. The highest BCUT2D eigenvalue weighted by molar-refractivity contribution is 6.22. The second kappa shape index (κ2) is 6.58. The van der Waals surface area contributed by atoms with Crippen molar-refractivity contribution in [3.8, 4) is 11.5 Å². The normalized spacial score (nSPS) is 27.2. The molecule has 1 heterocycles. The number of carbonyl (C=O) groups is 2. The molecule has 2 aromatic rings. The van der Waals surface area contributed by atoms with Crippen LogP contribution in [0.2, 0.25) is 0 Å². The maximum absolute atomic E-state index is 13.0. The third kappa shape index (κ3) is 2.81. The lowest BCUT2D eigenvalue weighted by Crippen LogP contribution is -2.32. The monoisotopic (exact) mass is 387 g/mol. The minimum absolute atomic E-state index is 0.0497. The van der Waals surface area contributed by atoms with Gasteiger partial charge in [0, 0.05) is 0 Å². The minimum atomic E-state index is -0.172. The molecule has 0 N–H and O–H groups in total. The quantitative estimate of drug-likeness (QED) is 0.534. The Labute approximate surface area is 171 Å². The van der Waals surface area contributed by atoms with Crippen LogP contribution >= 0.6 is 0 Å². The summed E-state index contributed by atoms with van der Waals surface area (Å²) in [5.74, 6) is 1.91. The number of anilines is 1. The molecular formula is C25H25NO3. The van der Waals surface area contributed by atoms with Crippen molar-refractivity contribution < 1.29 is 14.3 Å². The van der Waals surface area contributed by atoms with E-state index >= 15 is 0 Å². The van der Waals surface area contributed by atoms with Crippen molar-refractivity contribution in [2.75, 3.05) is 4.90 Å². The molecule has 4 atom stereocenters. The summed E-state index contributed by atoms with van der Waals surface area (Å²) < 4.78 is 6.14. The Morgan fingerprint density at radius 1 is 0.931 bits per heavy atom. The summed E-state index contributed by atoms with van der Waals surface area (Å²) in [6.07, 6.45) is 5.18. The summed E-state index contributed by atoms with van der Waals surface area (Å²) in [6, 6.07) is 13.5. The van der Waals surface area contributed by atoms with E-state index in [4.69, 9.17) is 4.74 Å². The molecule has 1 saturated heterocycles. The maximum atomic E-state index is 13.0. The van der Waals surface area contributed by atoms with Gasteiger partial charge in [-0.1, -0.05) is 38.1 Å². The van der Waals surface area contributed by atoms with E-state index < -0.39 is 0 Å². The van der Waals surface area contributed by atoms with E-state index in [1.54, 1.807) is 0 Å². The molecule has 0 aromatic heterocycles. The Balaban J connectivity index is 1.39. The van der Waals surface area contributed by atoms with Gasteiger partial charge in [-0.2, -0.15) is 0 Å². The van der Waals surface area contributed by atoms with Gasteiger partial charge in [-0.25, -0.2) is 0 Å². The average Bonchev–Trinajstić information content (AvgIpc) is 3.36. The molecule has 2 amide bonds. The van der Waals surface area contributed by atoms with Gasteiger partial charge >= 0.3 is 0 Å². The van der Waals surface area contributed by atoms with Gasteiger partial charge in [-0.15, -0.1) is 0 Å². The summed E-state index contributed by atoms with van der Waals surface area (Å²) in [7, 11) is 0. The van der Waals surface area contributed by atoms with Crippen molar-refractivity contribution >= 4 is 17.5 Å². The molecule has 0 unspecified atom stereocenters. The molecule has 4 heteroatoms. The molecule has 0 radical (unpaired) electrons. The Kier molecular flexibility index (Phi) is 4.12. The van der Waals surface area contributed by atoms with Crippen molar-refractivity contribution in [1.82, 2.24) is 0 Å². The van der Waals surface area contributed by atoms with Crippen LogP contribution in [-0.2, 0) is 9.59 Å². The number of imide groups is 1. The number of carbonyl (C=O) groups excluding carboxylic acids is 2. The topological polar surface area (TPSA) is 46.6 Å². The number of fused-ring (bicyclic) bond motifs is 5. The molecule has 3 aliphatic rings. The molecule has 2 bridgehead atoms. The summed E-state index contributed by atoms with van der Waals surface area (Å²) in [4.78, 5) is 27.3. The highest BCUT2D eigenvalue weighted by atomic mass is 16.5. The Bertz CT molecular complexity index is 991. The molecule has 1 saturated carbocycles. The Hall–Kier alpha value is -2.88. The van der Waals surface area contributed by atoms with E-state index in [1.807, 2.05) is 37.3 Å². The number of aryl methyl sites for hydroxylation is 1. The van der Waals surface area contributed by atoms with Crippen molar-refractivity contribution in [2.24, 2.45) is 23.7 Å². The molecule has 0 spiro atoms. The van der Waals surface area contributed by atoms with Crippen LogP contribution in [0.3, 0.4) is 0 Å². The zero-order valence-corrected chi connectivity index (χ0v) is 17.0. The van der Waals surface area contributed by atoms with Crippen LogP contribution in [0.1, 0.15) is 37.3 Å². The summed E-state index contributed by atoms with van der Waals surface area (Å²) >= 11 is 0. The number of hydrogen-bond acceptors (Lipinski definition) is 3. The number of nitrogens with zero attached hydrogens (tertiary/aromatic N) is 1. The molecule has 4 nitrogen and oxygen atoms in total. The van der Waals surface area contributed by atoms with Crippen LogP contribution in [0, 0.1) is 30.6 Å². The fourth-order valence-corrected chi connectivity index (χ4v) is 5.15. The van der Waals surface area contributed by atoms with Crippen LogP contribution in [0.4, 0.5) is 5.69 Å². The summed E-state index contributed by atoms with van der Waals surface area (Å²) in [6.45, 7) is 6.33. The van der Waals surface area contributed by atoms with Gasteiger partial charge < -0.3 is 4.74 Å².